The lowest BCUT2D eigenvalue weighted by molar-refractivity contribution is -0.140. The molecule has 0 aliphatic heterocycles. The Kier molecular flexibility index (Phi) is 16.0. The van der Waals surface area contributed by atoms with E-state index in [1.807, 2.05) is 23.2 Å². The molecule has 118 valence electrons. The summed E-state index contributed by atoms with van der Waals surface area (Å²) < 4.78 is 4.54. The topological polar surface area (TPSA) is 26.3 Å². The molecule has 0 aliphatic rings. The van der Waals surface area contributed by atoms with Gasteiger partial charge in [-0.3, -0.25) is 4.79 Å². The molecule has 0 N–H and O–H groups in total. The number of carbonyl (C=O) groups excluding carboxylic acids is 1. The number of hydrogen-bond acceptors (Lipinski definition) is 2. The molecule has 22 heavy (non-hydrogen) atoms. The first-order valence-electron chi connectivity index (χ1n) is 7.43. The van der Waals surface area contributed by atoms with Gasteiger partial charge in [-0.1, -0.05) is 52.1 Å². The maximum Gasteiger partial charge on any atom is 0.305 e. The monoisotopic (exact) mass is 362 g/mol. The van der Waals surface area contributed by atoms with Crippen LogP contribution in [0.4, 0.5) is 0 Å². The van der Waals surface area contributed by atoms with Crippen LogP contribution >= 0.6 is 15.9 Å². The maximum atomic E-state index is 10.8. The average molecular weight is 363 g/mol. The molecule has 0 aromatic carbocycles. The number of allylic oxidation sites excluding steroid dienone is 5. The SMILES string of the molecule is COC(=O)CCCC#CC#CC=CCCCCC=CC=CBr. The van der Waals surface area contributed by atoms with Gasteiger partial charge in [-0.05, 0) is 55.0 Å². The highest BCUT2D eigenvalue weighted by molar-refractivity contribution is 9.11. The van der Waals surface area contributed by atoms with Crippen LogP contribution < -0.4 is 0 Å². The highest BCUT2D eigenvalue weighted by Crippen LogP contribution is 2.01. The predicted molar refractivity (Wildman–Crippen MR) is 96.2 cm³/mol. The molecule has 0 saturated heterocycles. The number of ether oxygens (including phenoxy) is 1. The lowest BCUT2D eigenvalue weighted by atomic mass is 10.2. The minimum absolute atomic E-state index is 0.189. The van der Waals surface area contributed by atoms with Crippen molar-refractivity contribution in [3.05, 3.63) is 35.4 Å². The third kappa shape index (κ3) is 16.3. The van der Waals surface area contributed by atoms with Crippen LogP contribution in [-0.2, 0) is 9.53 Å². The summed E-state index contributed by atoms with van der Waals surface area (Å²) in [5.41, 5.74) is 0. The summed E-state index contributed by atoms with van der Waals surface area (Å²) in [6.45, 7) is 0. The van der Waals surface area contributed by atoms with Crippen molar-refractivity contribution in [1.29, 1.82) is 0 Å². The Morgan fingerprint density at radius 3 is 2.59 bits per heavy atom. The lowest BCUT2D eigenvalue weighted by Crippen LogP contribution is -1.98. The molecule has 0 atom stereocenters. The highest BCUT2D eigenvalue weighted by Gasteiger charge is 1.96. The van der Waals surface area contributed by atoms with E-state index < -0.39 is 0 Å². The molecular weight excluding hydrogens is 340 g/mol. The van der Waals surface area contributed by atoms with Gasteiger partial charge in [0.05, 0.1) is 7.11 Å². The van der Waals surface area contributed by atoms with Gasteiger partial charge in [0.25, 0.3) is 0 Å². The molecule has 0 spiro atoms. The Bertz CT molecular complexity index is 493. The van der Waals surface area contributed by atoms with Gasteiger partial charge < -0.3 is 4.74 Å². The Balaban J connectivity index is 3.56. The molecule has 0 radical (unpaired) electrons. The number of halogens is 1. The summed E-state index contributed by atoms with van der Waals surface area (Å²) in [7, 11) is 1.39. The van der Waals surface area contributed by atoms with Crippen molar-refractivity contribution in [2.45, 2.75) is 44.9 Å². The second-order valence-electron chi connectivity index (χ2n) is 4.43. The van der Waals surface area contributed by atoms with E-state index in [4.69, 9.17) is 0 Å². The van der Waals surface area contributed by atoms with Crippen molar-refractivity contribution in [3.63, 3.8) is 0 Å². The Morgan fingerprint density at radius 2 is 1.86 bits per heavy atom. The number of unbranched alkanes of at least 4 members (excludes halogenated alkanes) is 4. The van der Waals surface area contributed by atoms with E-state index >= 15 is 0 Å². The number of rotatable bonds is 9. The zero-order valence-corrected chi connectivity index (χ0v) is 14.7. The van der Waals surface area contributed by atoms with Gasteiger partial charge in [-0.15, -0.1) is 0 Å². The molecule has 0 fully saturated rings. The molecule has 0 aromatic rings. The molecule has 0 heterocycles. The lowest BCUT2D eigenvalue weighted by Gasteiger charge is -1.93. The minimum atomic E-state index is -0.189. The summed E-state index contributed by atoms with van der Waals surface area (Å²) >= 11 is 3.22. The smallest absolute Gasteiger partial charge is 0.305 e. The first kappa shape index (κ1) is 20.3. The number of esters is 1. The fourth-order valence-corrected chi connectivity index (χ4v) is 1.67. The summed E-state index contributed by atoms with van der Waals surface area (Å²) in [6, 6.07) is 0. The van der Waals surface area contributed by atoms with Crippen LogP contribution in [0.2, 0.25) is 0 Å². The summed E-state index contributed by atoms with van der Waals surface area (Å²) in [6.07, 6.45) is 16.4. The fraction of sp³-hybridized carbons (Fsp3) is 0.421. The second-order valence-corrected chi connectivity index (χ2v) is 4.96. The van der Waals surface area contributed by atoms with E-state index in [-0.39, 0.29) is 5.97 Å². The Hall–Kier alpha value is -1.71. The minimum Gasteiger partial charge on any atom is -0.469 e. The second kappa shape index (κ2) is 17.3. The van der Waals surface area contributed by atoms with Crippen LogP contribution in [0.25, 0.3) is 0 Å². The quantitative estimate of drug-likeness (QED) is 0.252. The van der Waals surface area contributed by atoms with Crippen LogP contribution in [0.15, 0.2) is 35.4 Å². The summed E-state index contributed by atoms with van der Waals surface area (Å²) in [5.74, 6) is 11.2. The fourth-order valence-electron chi connectivity index (χ4n) is 1.49. The standard InChI is InChI=1S/C19H23BrO2/c1-22-19(21)17-15-13-11-9-7-5-3-2-4-6-8-10-12-14-16-18-20/h2-3,12,14,16,18H,4,6,8,10,13,15,17H2,1H3. The van der Waals surface area contributed by atoms with Gasteiger partial charge in [0, 0.05) is 12.8 Å². The molecule has 0 aromatic heterocycles. The zero-order valence-electron chi connectivity index (χ0n) is 13.1. The van der Waals surface area contributed by atoms with Crippen molar-refractivity contribution >= 4 is 21.9 Å². The molecule has 3 heteroatoms. The van der Waals surface area contributed by atoms with Crippen molar-refractivity contribution in [1.82, 2.24) is 0 Å². The van der Waals surface area contributed by atoms with Gasteiger partial charge in [-0.25, -0.2) is 0 Å². The van der Waals surface area contributed by atoms with Gasteiger partial charge >= 0.3 is 5.97 Å². The summed E-state index contributed by atoms with van der Waals surface area (Å²) in [5, 5.41) is 0. The number of carbonyl (C=O) groups is 1. The zero-order chi connectivity index (χ0) is 16.3. The third-order valence-electron chi connectivity index (χ3n) is 2.65. The molecule has 0 saturated carbocycles. The van der Waals surface area contributed by atoms with E-state index in [1.165, 1.54) is 20.0 Å². The maximum absolute atomic E-state index is 10.8. The summed E-state index contributed by atoms with van der Waals surface area (Å²) in [4.78, 5) is 12.7. The molecule has 2 nitrogen and oxygen atoms in total. The molecule has 0 rings (SSSR count). The van der Waals surface area contributed by atoms with E-state index in [0.29, 0.717) is 12.8 Å². The van der Waals surface area contributed by atoms with Gasteiger partial charge in [0.2, 0.25) is 0 Å². The van der Waals surface area contributed by atoms with Gasteiger partial charge in [0.15, 0.2) is 0 Å². The van der Waals surface area contributed by atoms with E-state index in [9.17, 15) is 4.79 Å². The van der Waals surface area contributed by atoms with Gasteiger partial charge in [-0.2, -0.15) is 0 Å². The van der Waals surface area contributed by atoms with Crippen molar-refractivity contribution < 1.29 is 9.53 Å². The van der Waals surface area contributed by atoms with E-state index in [0.717, 1.165) is 19.3 Å². The average Bonchev–Trinajstić information content (AvgIpc) is 2.54. The van der Waals surface area contributed by atoms with E-state index in [1.54, 1.807) is 0 Å². The van der Waals surface area contributed by atoms with Crippen molar-refractivity contribution in [3.8, 4) is 23.7 Å². The highest BCUT2D eigenvalue weighted by atomic mass is 79.9. The molecule has 0 bridgehead atoms. The van der Waals surface area contributed by atoms with Crippen LogP contribution in [-0.4, -0.2) is 13.1 Å². The molecular formula is C19H23BrO2. The third-order valence-corrected chi connectivity index (χ3v) is 2.95. The first-order valence-corrected chi connectivity index (χ1v) is 8.35. The first-order chi connectivity index (χ1) is 10.8. The number of methoxy groups -OCH3 is 1. The molecule has 0 amide bonds. The van der Waals surface area contributed by atoms with E-state index in [2.05, 4.69) is 56.5 Å². The number of hydrogen-bond donors (Lipinski definition) is 0. The Morgan fingerprint density at radius 1 is 1.09 bits per heavy atom. The van der Waals surface area contributed by atoms with Crippen molar-refractivity contribution in [2.75, 3.05) is 7.11 Å². The Labute approximate surface area is 142 Å². The van der Waals surface area contributed by atoms with Crippen LogP contribution in [0.3, 0.4) is 0 Å². The van der Waals surface area contributed by atoms with Crippen LogP contribution in [0, 0.1) is 23.7 Å². The molecule has 0 unspecified atom stereocenters. The predicted octanol–water partition coefficient (Wildman–Crippen LogP) is 4.92. The van der Waals surface area contributed by atoms with Crippen LogP contribution in [0.1, 0.15) is 44.9 Å². The van der Waals surface area contributed by atoms with Gasteiger partial charge in [0.1, 0.15) is 0 Å². The van der Waals surface area contributed by atoms with Crippen LogP contribution in [0.5, 0.6) is 0 Å². The normalized spacial score (nSPS) is 10.5. The largest absolute Gasteiger partial charge is 0.469 e. The molecule has 0 aliphatic carbocycles. The van der Waals surface area contributed by atoms with Crippen molar-refractivity contribution in [2.24, 2.45) is 0 Å².